The van der Waals surface area contributed by atoms with Gasteiger partial charge in [-0.15, -0.1) is 12.4 Å². The van der Waals surface area contributed by atoms with Gasteiger partial charge in [0.25, 0.3) is 5.91 Å². The Morgan fingerprint density at radius 2 is 1.85 bits per heavy atom. The topological polar surface area (TPSA) is 55.6 Å². The van der Waals surface area contributed by atoms with E-state index in [1.807, 2.05) is 59.5 Å². The van der Waals surface area contributed by atoms with E-state index < -0.39 is 0 Å². The third-order valence-corrected chi connectivity index (χ3v) is 4.73. The van der Waals surface area contributed by atoms with Gasteiger partial charge in [-0.25, -0.2) is 0 Å². The summed E-state index contributed by atoms with van der Waals surface area (Å²) in [5.41, 5.74) is 7.51. The van der Waals surface area contributed by atoms with Crippen LogP contribution in [0.3, 0.4) is 0 Å². The maximum absolute atomic E-state index is 12.7. The molecule has 3 rings (SSSR count). The van der Waals surface area contributed by atoms with Crippen molar-refractivity contribution < 1.29 is 9.53 Å². The van der Waals surface area contributed by atoms with E-state index >= 15 is 0 Å². The fraction of sp³-hybridized carbons (Fsp3) is 0.381. The number of benzene rings is 2. The molecule has 1 heterocycles. The number of piperidine rings is 1. The van der Waals surface area contributed by atoms with Crippen molar-refractivity contribution in [2.24, 2.45) is 11.7 Å². The van der Waals surface area contributed by atoms with E-state index in [0.717, 1.165) is 42.8 Å². The molecular formula is C21H27ClN2O2. The lowest BCUT2D eigenvalue weighted by atomic mass is 9.94. The molecule has 4 nitrogen and oxygen atoms in total. The Bertz CT molecular complexity index is 674. The van der Waals surface area contributed by atoms with Crippen LogP contribution in [0.2, 0.25) is 0 Å². The highest BCUT2D eigenvalue weighted by Crippen LogP contribution is 2.22. The highest BCUT2D eigenvalue weighted by Gasteiger charge is 2.23. The minimum absolute atomic E-state index is 0. The van der Waals surface area contributed by atoms with Crippen LogP contribution in [-0.4, -0.2) is 30.4 Å². The van der Waals surface area contributed by atoms with Crippen LogP contribution in [-0.2, 0) is 6.61 Å². The van der Waals surface area contributed by atoms with E-state index in [4.69, 9.17) is 10.5 Å². The molecule has 2 aromatic rings. The quantitative estimate of drug-likeness (QED) is 0.834. The average molecular weight is 375 g/mol. The first-order chi connectivity index (χ1) is 12.3. The molecule has 1 aliphatic heterocycles. The van der Waals surface area contributed by atoms with E-state index in [9.17, 15) is 4.79 Å². The Labute approximate surface area is 161 Å². The Hall–Kier alpha value is -2.04. The number of hydrogen-bond acceptors (Lipinski definition) is 3. The molecule has 1 unspecified atom stereocenters. The molecule has 1 saturated heterocycles. The van der Waals surface area contributed by atoms with Gasteiger partial charge < -0.3 is 15.4 Å². The van der Waals surface area contributed by atoms with Crippen LogP contribution in [0, 0.1) is 5.92 Å². The highest BCUT2D eigenvalue weighted by molar-refractivity contribution is 5.94. The number of hydrogen-bond donors (Lipinski definition) is 1. The lowest BCUT2D eigenvalue weighted by molar-refractivity contribution is 0.0669. The molecule has 1 aliphatic rings. The summed E-state index contributed by atoms with van der Waals surface area (Å²) in [5, 5.41) is 0. The first-order valence-corrected chi connectivity index (χ1v) is 9.02. The predicted octanol–water partition coefficient (Wildman–Crippen LogP) is 3.89. The Kier molecular flexibility index (Phi) is 7.95. The second kappa shape index (κ2) is 10.2. The molecule has 0 saturated carbocycles. The molecule has 5 heteroatoms. The summed E-state index contributed by atoms with van der Waals surface area (Å²) >= 11 is 0. The van der Waals surface area contributed by atoms with Crippen LogP contribution >= 0.6 is 12.4 Å². The number of halogens is 1. The van der Waals surface area contributed by atoms with Gasteiger partial charge in [0, 0.05) is 18.7 Å². The zero-order valence-corrected chi connectivity index (χ0v) is 15.8. The third-order valence-electron chi connectivity index (χ3n) is 4.73. The molecule has 0 aromatic heterocycles. The number of nitrogens with zero attached hydrogens (tertiary/aromatic N) is 1. The van der Waals surface area contributed by atoms with Crippen molar-refractivity contribution in [3.8, 4) is 5.75 Å². The van der Waals surface area contributed by atoms with Crippen LogP contribution in [0.1, 0.15) is 35.2 Å². The molecular weight excluding hydrogens is 348 g/mol. The van der Waals surface area contributed by atoms with Crippen LogP contribution in [0.15, 0.2) is 54.6 Å². The fourth-order valence-electron chi connectivity index (χ4n) is 3.34. The van der Waals surface area contributed by atoms with Crippen LogP contribution in [0.4, 0.5) is 0 Å². The summed E-state index contributed by atoms with van der Waals surface area (Å²) in [7, 11) is 0. The molecule has 0 spiro atoms. The van der Waals surface area contributed by atoms with Gasteiger partial charge in [-0.3, -0.25) is 4.79 Å². The molecule has 0 radical (unpaired) electrons. The fourth-order valence-corrected chi connectivity index (χ4v) is 3.34. The van der Waals surface area contributed by atoms with Crippen LogP contribution < -0.4 is 10.5 Å². The average Bonchev–Trinajstić information content (AvgIpc) is 2.67. The van der Waals surface area contributed by atoms with Gasteiger partial charge in [-0.05, 0) is 61.6 Å². The first-order valence-electron chi connectivity index (χ1n) is 9.02. The van der Waals surface area contributed by atoms with Gasteiger partial charge in [-0.2, -0.15) is 0 Å². The predicted molar refractivity (Wildman–Crippen MR) is 107 cm³/mol. The van der Waals surface area contributed by atoms with Gasteiger partial charge in [0.05, 0.1) is 0 Å². The van der Waals surface area contributed by atoms with Crippen LogP contribution in [0.5, 0.6) is 5.75 Å². The highest BCUT2D eigenvalue weighted by atomic mass is 35.5. The van der Waals surface area contributed by atoms with E-state index in [1.165, 1.54) is 6.42 Å². The van der Waals surface area contributed by atoms with Gasteiger partial charge in [-0.1, -0.05) is 30.3 Å². The van der Waals surface area contributed by atoms with Crippen molar-refractivity contribution in [1.82, 2.24) is 4.90 Å². The normalized spacial score (nSPS) is 16.7. The molecule has 1 amide bonds. The number of rotatable bonds is 6. The molecule has 2 N–H and O–H groups in total. The SMILES string of the molecule is Cl.NCCC1CCCN(C(=O)c2ccc(OCc3ccccc3)cc2)C1. The molecule has 1 fully saturated rings. The number of amides is 1. The summed E-state index contributed by atoms with van der Waals surface area (Å²) in [6.07, 6.45) is 3.23. The number of nitrogens with two attached hydrogens (primary N) is 1. The number of ether oxygens (including phenoxy) is 1. The van der Waals surface area contributed by atoms with E-state index in [-0.39, 0.29) is 18.3 Å². The zero-order chi connectivity index (χ0) is 17.5. The second-order valence-electron chi connectivity index (χ2n) is 6.64. The lowest BCUT2D eigenvalue weighted by Crippen LogP contribution is -2.40. The minimum atomic E-state index is 0. The summed E-state index contributed by atoms with van der Waals surface area (Å²) in [4.78, 5) is 14.7. The van der Waals surface area contributed by atoms with E-state index in [2.05, 4.69) is 0 Å². The number of carbonyl (C=O) groups is 1. The minimum Gasteiger partial charge on any atom is -0.489 e. The van der Waals surface area contributed by atoms with Crippen molar-refractivity contribution >= 4 is 18.3 Å². The van der Waals surface area contributed by atoms with E-state index in [1.54, 1.807) is 0 Å². The van der Waals surface area contributed by atoms with E-state index in [0.29, 0.717) is 19.1 Å². The zero-order valence-electron chi connectivity index (χ0n) is 15.0. The van der Waals surface area contributed by atoms with Gasteiger partial charge in [0.1, 0.15) is 12.4 Å². The smallest absolute Gasteiger partial charge is 0.253 e. The summed E-state index contributed by atoms with van der Waals surface area (Å²) in [5.74, 6) is 1.42. The largest absolute Gasteiger partial charge is 0.489 e. The van der Waals surface area contributed by atoms with Crippen molar-refractivity contribution in [2.45, 2.75) is 25.9 Å². The lowest BCUT2D eigenvalue weighted by Gasteiger charge is -2.32. The number of likely N-dealkylation sites (tertiary alicyclic amines) is 1. The molecule has 0 aliphatic carbocycles. The van der Waals surface area contributed by atoms with Gasteiger partial charge in [0.15, 0.2) is 0 Å². The van der Waals surface area contributed by atoms with Crippen LogP contribution in [0.25, 0.3) is 0 Å². The maximum atomic E-state index is 12.7. The molecule has 2 aromatic carbocycles. The van der Waals surface area contributed by atoms with Crippen molar-refractivity contribution in [1.29, 1.82) is 0 Å². The second-order valence-corrected chi connectivity index (χ2v) is 6.64. The Morgan fingerprint density at radius 3 is 2.54 bits per heavy atom. The third kappa shape index (κ3) is 5.48. The van der Waals surface area contributed by atoms with Crippen molar-refractivity contribution in [3.63, 3.8) is 0 Å². The maximum Gasteiger partial charge on any atom is 0.253 e. The number of carbonyl (C=O) groups excluding carboxylic acids is 1. The molecule has 26 heavy (non-hydrogen) atoms. The standard InChI is InChI=1S/C21H26N2O2.ClH/c22-13-12-17-7-4-14-23(15-17)21(24)19-8-10-20(11-9-19)25-16-18-5-2-1-3-6-18;/h1-3,5-6,8-11,17H,4,7,12-16,22H2;1H. The molecule has 140 valence electrons. The van der Waals surface area contributed by atoms with Crippen molar-refractivity contribution in [2.75, 3.05) is 19.6 Å². The van der Waals surface area contributed by atoms with Crippen molar-refractivity contribution in [3.05, 3.63) is 65.7 Å². The summed E-state index contributed by atoms with van der Waals surface area (Å²) in [6, 6.07) is 17.5. The Balaban J connectivity index is 0.00000243. The summed E-state index contributed by atoms with van der Waals surface area (Å²) < 4.78 is 5.78. The first kappa shape index (κ1) is 20.3. The Morgan fingerprint density at radius 1 is 1.12 bits per heavy atom. The monoisotopic (exact) mass is 374 g/mol. The molecule has 1 atom stereocenters. The van der Waals surface area contributed by atoms with Gasteiger partial charge >= 0.3 is 0 Å². The molecule has 0 bridgehead atoms. The summed E-state index contributed by atoms with van der Waals surface area (Å²) in [6.45, 7) is 2.88. The van der Waals surface area contributed by atoms with Gasteiger partial charge in [0.2, 0.25) is 0 Å².